The van der Waals surface area contributed by atoms with Gasteiger partial charge in [0, 0.05) is 32.0 Å². The molecule has 7 heteroatoms. The molecule has 0 bridgehead atoms. The molecule has 0 radical (unpaired) electrons. The number of carbonyl (C=O) groups excluding carboxylic acids is 1. The van der Waals surface area contributed by atoms with Gasteiger partial charge in [-0.15, -0.1) is 0 Å². The molecule has 0 aromatic rings. The van der Waals surface area contributed by atoms with Crippen molar-refractivity contribution in [2.24, 2.45) is 5.92 Å². The lowest BCUT2D eigenvalue weighted by Crippen LogP contribution is -2.47. The van der Waals surface area contributed by atoms with Gasteiger partial charge in [-0.2, -0.15) is 0 Å². The van der Waals surface area contributed by atoms with Crippen molar-refractivity contribution in [2.75, 3.05) is 26.3 Å². The Kier molecular flexibility index (Phi) is 4.03. The number of carboxylic acids is 1. The minimum atomic E-state index is -1.08. The third-order valence-electron chi connectivity index (χ3n) is 3.39. The second-order valence-corrected chi connectivity index (χ2v) is 4.81. The second kappa shape index (κ2) is 5.53. The molecule has 102 valence electrons. The van der Waals surface area contributed by atoms with Gasteiger partial charge in [-0.3, -0.25) is 0 Å². The van der Waals surface area contributed by atoms with Gasteiger partial charge in [0.15, 0.2) is 0 Å². The lowest BCUT2D eigenvalue weighted by molar-refractivity contribution is -0.141. The zero-order valence-electron chi connectivity index (χ0n) is 10.0. The summed E-state index contributed by atoms with van der Waals surface area (Å²) in [6.45, 7) is 1.90. The zero-order chi connectivity index (χ0) is 13.1. The lowest BCUT2D eigenvalue weighted by Gasteiger charge is -2.22. The molecule has 2 saturated heterocycles. The molecule has 3 atom stereocenters. The highest BCUT2D eigenvalue weighted by Gasteiger charge is 2.39. The first kappa shape index (κ1) is 13.1. The highest BCUT2D eigenvalue weighted by atomic mass is 16.5. The topological polar surface area (TPSA) is 99.1 Å². The average molecular weight is 258 g/mol. The van der Waals surface area contributed by atoms with E-state index in [9.17, 15) is 14.7 Å². The quantitative estimate of drug-likeness (QED) is 0.618. The van der Waals surface area contributed by atoms with Gasteiger partial charge >= 0.3 is 12.0 Å². The maximum absolute atomic E-state index is 11.9. The van der Waals surface area contributed by atoms with E-state index in [-0.39, 0.29) is 13.0 Å². The van der Waals surface area contributed by atoms with E-state index >= 15 is 0 Å². The second-order valence-electron chi connectivity index (χ2n) is 4.81. The summed E-state index contributed by atoms with van der Waals surface area (Å²) in [6, 6.07) is -1.36. The van der Waals surface area contributed by atoms with Gasteiger partial charge in [-0.05, 0) is 6.42 Å². The maximum atomic E-state index is 11.9. The molecule has 18 heavy (non-hydrogen) atoms. The number of hydrogen-bond acceptors (Lipinski definition) is 4. The van der Waals surface area contributed by atoms with Crippen molar-refractivity contribution in [3.8, 4) is 0 Å². The summed E-state index contributed by atoms with van der Waals surface area (Å²) in [5.74, 6) is -0.782. The highest BCUT2D eigenvalue weighted by molar-refractivity contribution is 5.83. The van der Waals surface area contributed by atoms with Gasteiger partial charge < -0.3 is 25.2 Å². The van der Waals surface area contributed by atoms with Gasteiger partial charge in [0.05, 0.1) is 12.7 Å². The van der Waals surface area contributed by atoms with Crippen LogP contribution in [0.25, 0.3) is 0 Å². The number of amides is 2. The van der Waals surface area contributed by atoms with Crippen LogP contribution in [0.1, 0.15) is 12.8 Å². The molecule has 2 fully saturated rings. The number of β-amino-alcohol motifs (C(OH)–C–C–N with tert-alkyl or cyclic N) is 1. The molecule has 0 saturated carbocycles. The van der Waals surface area contributed by atoms with Gasteiger partial charge in [0.25, 0.3) is 0 Å². The number of rotatable bonds is 3. The third kappa shape index (κ3) is 2.91. The van der Waals surface area contributed by atoms with Crippen LogP contribution in [-0.2, 0) is 9.53 Å². The van der Waals surface area contributed by atoms with E-state index in [2.05, 4.69) is 5.32 Å². The van der Waals surface area contributed by atoms with Crippen LogP contribution < -0.4 is 5.32 Å². The van der Waals surface area contributed by atoms with Crippen molar-refractivity contribution in [3.05, 3.63) is 0 Å². The van der Waals surface area contributed by atoms with E-state index in [1.165, 1.54) is 4.90 Å². The van der Waals surface area contributed by atoms with Crippen LogP contribution in [0.5, 0.6) is 0 Å². The standard InChI is InChI=1S/C11H18N2O5/c14-8-3-9(10(15)16)13(5-8)11(17)12-4-7-1-2-18-6-7/h7-9,14H,1-6H2,(H,12,17)(H,15,16)/t7?,8-,9+/m1/s1. The van der Waals surface area contributed by atoms with Crippen LogP contribution >= 0.6 is 0 Å². The first-order valence-corrected chi connectivity index (χ1v) is 6.11. The maximum Gasteiger partial charge on any atom is 0.326 e. The number of urea groups is 1. The minimum Gasteiger partial charge on any atom is -0.480 e. The first-order chi connectivity index (χ1) is 8.58. The molecule has 0 spiro atoms. The summed E-state index contributed by atoms with van der Waals surface area (Å²) >= 11 is 0. The Morgan fingerprint density at radius 2 is 2.22 bits per heavy atom. The Hall–Kier alpha value is -1.34. The predicted molar refractivity (Wildman–Crippen MR) is 61.1 cm³/mol. The van der Waals surface area contributed by atoms with Crippen molar-refractivity contribution in [1.82, 2.24) is 10.2 Å². The molecule has 2 heterocycles. The molecular weight excluding hydrogens is 240 g/mol. The Morgan fingerprint density at radius 3 is 2.83 bits per heavy atom. The molecule has 0 aliphatic carbocycles. The van der Waals surface area contributed by atoms with Crippen LogP contribution in [0.3, 0.4) is 0 Å². The smallest absolute Gasteiger partial charge is 0.326 e. The Balaban J connectivity index is 1.85. The number of aliphatic hydroxyl groups excluding tert-OH is 1. The third-order valence-corrected chi connectivity index (χ3v) is 3.39. The molecule has 2 aliphatic heterocycles. The molecule has 1 unspecified atom stereocenters. The molecule has 3 N–H and O–H groups in total. The van der Waals surface area contributed by atoms with E-state index in [4.69, 9.17) is 9.84 Å². The van der Waals surface area contributed by atoms with Gasteiger partial charge in [0.2, 0.25) is 0 Å². The summed E-state index contributed by atoms with van der Waals surface area (Å²) in [5.41, 5.74) is 0. The molecular formula is C11H18N2O5. The number of hydrogen-bond donors (Lipinski definition) is 3. The number of carboxylic acid groups (broad SMARTS) is 1. The van der Waals surface area contributed by atoms with Crippen molar-refractivity contribution in [3.63, 3.8) is 0 Å². The van der Waals surface area contributed by atoms with Crippen LogP contribution in [0.2, 0.25) is 0 Å². The fourth-order valence-electron chi connectivity index (χ4n) is 2.35. The number of likely N-dealkylation sites (tertiary alicyclic amines) is 1. The number of nitrogens with zero attached hydrogens (tertiary/aromatic N) is 1. The van der Waals surface area contributed by atoms with Crippen LogP contribution in [0.15, 0.2) is 0 Å². The van der Waals surface area contributed by atoms with Crippen molar-refractivity contribution < 1.29 is 24.5 Å². The van der Waals surface area contributed by atoms with Gasteiger partial charge in [0.1, 0.15) is 6.04 Å². The van der Waals surface area contributed by atoms with E-state index in [0.717, 1.165) is 6.42 Å². The van der Waals surface area contributed by atoms with Crippen LogP contribution in [0, 0.1) is 5.92 Å². The fraction of sp³-hybridized carbons (Fsp3) is 0.818. The summed E-state index contributed by atoms with van der Waals surface area (Å²) in [4.78, 5) is 24.0. The fourth-order valence-corrected chi connectivity index (χ4v) is 2.35. The normalized spacial score (nSPS) is 31.6. The van der Waals surface area contributed by atoms with E-state index in [0.29, 0.717) is 25.7 Å². The summed E-state index contributed by atoms with van der Waals surface area (Å²) in [5, 5.41) is 21.1. The largest absolute Gasteiger partial charge is 0.480 e. The van der Waals surface area contributed by atoms with Gasteiger partial charge in [-0.25, -0.2) is 9.59 Å². The minimum absolute atomic E-state index is 0.0734. The molecule has 7 nitrogen and oxygen atoms in total. The molecule has 2 aliphatic rings. The summed E-state index contributed by atoms with van der Waals surface area (Å²) in [6.07, 6.45) is 0.243. The molecule has 0 aromatic heterocycles. The highest BCUT2D eigenvalue weighted by Crippen LogP contribution is 2.18. The molecule has 2 rings (SSSR count). The van der Waals surface area contributed by atoms with E-state index in [1.54, 1.807) is 0 Å². The summed E-state index contributed by atoms with van der Waals surface area (Å²) in [7, 11) is 0. The van der Waals surface area contributed by atoms with E-state index in [1.807, 2.05) is 0 Å². The molecule has 2 amide bonds. The Morgan fingerprint density at radius 1 is 1.44 bits per heavy atom. The number of aliphatic carboxylic acids is 1. The number of ether oxygens (including phenoxy) is 1. The van der Waals surface area contributed by atoms with E-state index < -0.39 is 24.1 Å². The number of carbonyl (C=O) groups is 2. The lowest BCUT2D eigenvalue weighted by atomic mass is 10.1. The first-order valence-electron chi connectivity index (χ1n) is 6.11. The monoisotopic (exact) mass is 258 g/mol. The molecule has 0 aromatic carbocycles. The number of nitrogens with one attached hydrogen (secondary N) is 1. The van der Waals surface area contributed by atoms with Crippen molar-refractivity contribution in [2.45, 2.75) is 25.0 Å². The zero-order valence-corrected chi connectivity index (χ0v) is 10.0. The van der Waals surface area contributed by atoms with Crippen LogP contribution in [-0.4, -0.2) is 65.6 Å². The Bertz CT molecular complexity index is 329. The number of aliphatic hydroxyl groups is 1. The van der Waals surface area contributed by atoms with Crippen molar-refractivity contribution >= 4 is 12.0 Å². The predicted octanol–water partition coefficient (Wildman–Crippen LogP) is -0.748. The SMILES string of the molecule is O=C(O)[C@@H]1C[C@@H](O)CN1C(=O)NCC1CCOC1. The Labute approximate surface area is 105 Å². The van der Waals surface area contributed by atoms with Gasteiger partial charge in [-0.1, -0.05) is 0 Å². The summed E-state index contributed by atoms with van der Waals surface area (Å²) < 4.78 is 5.19. The van der Waals surface area contributed by atoms with Crippen molar-refractivity contribution in [1.29, 1.82) is 0 Å². The van der Waals surface area contributed by atoms with Crippen LogP contribution in [0.4, 0.5) is 4.79 Å². The average Bonchev–Trinajstić information content (AvgIpc) is 2.94.